The van der Waals surface area contributed by atoms with Gasteiger partial charge >= 0.3 is 0 Å². The predicted molar refractivity (Wildman–Crippen MR) is 73.9 cm³/mol. The summed E-state index contributed by atoms with van der Waals surface area (Å²) in [5.74, 6) is -0.0207. The van der Waals surface area contributed by atoms with E-state index in [0.29, 0.717) is 29.4 Å². The Morgan fingerprint density at radius 3 is 2.58 bits per heavy atom. The molecule has 0 aliphatic heterocycles. The van der Waals surface area contributed by atoms with Gasteiger partial charge in [-0.1, -0.05) is 11.6 Å². The van der Waals surface area contributed by atoms with Gasteiger partial charge in [-0.2, -0.15) is 0 Å². The maximum absolute atomic E-state index is 11.8. The number of nitrogen functional groups attached to an aromatic ring is 1. The molecule has 5 nitrogen and oxygen atoms in total. The Bertz CT molecular complexity index is 501. The van der Waals surface area contributed by atoms with Gasteiger partial charge in [0.25, 0.3) is 5.91 Å². The van der Waals surface area contributed by atoms with Crippen LogP contribution in [0.5, 0.6) is 0 Å². The van der Waals surface area contributed by atoms with Gasteiger partial charge in [0.15, 0.2) is 0 Å². The lowest BCUT2D eigenvalue weighted by Gasteiger charge is -2.08. The fourth-order valence-electron chi connectivity index (χ4n) is 1.66. The minimum atomic E-state index is -0.273. The highest BCUT2D eigenvalue weighted by atomic mass is 35.5. The fourth-order valence-corrected chi connectivity index (χ4v) is 1.94. The molecule has 1 aliphatic carbocycles. The highest BCUT2D eigenvalue weighted by molar-refractivity contribution is 6.34. The molecule has 0 radical (unpaired) electrons. The number of carbonyl (C=O) groups excluding carboxylic acids is 2. The van der Waals surface area contributed by atoms with Crippen molar-refractivity contribution in [3.05, 3.63) is 28.8 Å². The van der Waals surface area contributed by atoms with E-state index in [1.54, 1.807) is 12.1 Å². The van der Waals surface area contributed by atoms with Crippen molar-refractivity contribution in [3.63, 3.8) is 0 Å². The van der Waals surface area contributed by atoms with Crippen molar-refractivity contribution >= 4 is 29.1 Å². The summed E-state index contributed by atoms with van der Waals surface area (Å²) >= 11 is 5.93. The molecule has 1 aromatic carbocycles. The van der Waals surface area contributed by atoms with Gasteiger partial charge in [-0.25, -0.2) is 0 Å². The highest BCUT2D eigenvalue weighted by Crippen LogP contribution is 2.28. The van der Waals surface area contributed by atoms with E-state index in [-0.39, 0.29) is 17.7 Å². The number of carbonyl (C=O) groups is 2. The first-order chi connectivity index (χ1) is 9.08. The second-order valence-corrected chi connectivity index (χ2v) is 4.97. The maximum Gasteiger partial charge on any atom is 0.252 e. The molecule has 4 N–H and O–H groups in total. The minimum Gasteiger partial charge on any atom is -0.399 e. The molecular formula is C13H16ClN3O2. The molecule has 1 fully saturated rings. The van der Waals surface area contributed by atoms with Crippen molar-refractivity contribution in [2.45, 2.75) is 12.8 Å². The zero-order chi connectivity index (χ0) is 13.8. The van der Waals surface area contributed by atoms with E-state index in [9.17, 15) is 9.59 Å². The Balaban J connectivity index is 1.75. The van der Waals surface area contributed by atoms with Crippen molar-refractivity contribution in [2.75, 3.05) is 18.8 Å². The van der Waals surface area contributed by atoms with Gasteiger partial charge in [-0.15, -0.1) is 0 Å². The van der Waals surface area contributed by atoms with E-state index in [1.165, 1.54) is 6.07 Å². The van der Waals surface area contributed by atoms with E-state index < -0.39 is 0 Å². The SMILES string of the molecule is Nc1ccc(C(=O)NCCNC(=O)C2CC2)c(Cl)c1. The molecule has 2 amide bonds. The molecule has 0 bridgehead atoms. The van der Waals surface area contributed by atoms with Crippen molar-refractivity contribution < 1.29 is 9.59 Å². The molecule has 19 heavy (non-hydrogen) atoms. The third-order valence-electron chi connectivity index (χ3n) is 2.90. The normalized spacial score (nSPS) is 13.9. The molecule has 0 atom stereocenters. The van der Waals surface area contributed by atoms with Gasteiger partial charge in [0.05, 0.1) is 10.6 Å². The number of hydrogen-bond acceptors (Lipinski definition) is 3. The van der Waals surface area contributed by atoms with E-state index in [0.717, 1.165) is 12.8 Å². The number of nitrogens with two attached hydrogens (primary N) is 1. The van der Waals surface area contributed by atoms with Crippen molar-refractivity contribution in [1.82, 2.24) is 10.6 Å². The average molecular weight is 282 g/mol. The number of hydrogen-bond donors (Lipinski definition) is 3. The molecule has 1 aliphatic rings. The second kappa shape index (κ2) is 5.93. The maximum atomic E-state index is 11.8. The predicted octanol–water partition coefficient (Wildman–Crippen LogP) is 1.18. The van der Waals surface area contributed by atoms with Crippen LogP contribution in [0.3, 0.4) is 0 Å². The summed E-state index contributed by atoms with van der Waals surface area (Å²) in [6.07, 6.45) is 1.94. The first-order valence-electron chi connectivity index (χ1n) is 6.19. The second-order valence-electron chi connectivity index (χ2n) is 4.56. The molecule has 0 saturated heterocycles. The lowest BCUT2D eigenvalue weighted by molar-refractivity contribution is -0.122. The standard InChI is InChI=1S/C13H16ClN3O2/c14-11-7-9(15)3-4-10(11)13(19)17-6-5-16-12(18)8-1-2-8/h3-4,7-8H,1-2,5-6,15H2,(H,16,18)(H,17,19). The van der Waals surface area contributed by atoms with Gasteiger partial charge in [0.1, 0.15) is 0 Å². The Labute approximate surface area is 116 Å². The van der Waals surface area contributed by atoms with Crippen molar-refractivity contribution in [1.29, 1.82) is 0 Å². The zero-order valence-electron chi connectivity index (χ0n) is 10.4. The fraction of sp³-hybridized carbons (Fsp3) is 0.385. The van der Waals surface area contributed by atoms with Crippen LogP contribution in [-0.4, -0.2) is 24.9 Å². The van der Waals surface area contributed by atoms with E-state index in [1.807, 2.05) is 0 Å². The summed E-state index contributed by atoms with van der Waals surface area (Å²) in [7, 11) is 0. The van der Waals surface area contributed by atoms with E-state index >= 15 is 0 Å². The van der Waals surface area contributed by atoms with Crippen LogP contribution in [-0.2, 0) is 4.79 Å². The molecule has 2 rings (SSSR count). The number of benzene rings is 1. The quantitative estimate of drug-likeness (QED) is 0.560. The van der Waals surface area contributed by atoms with Crippen LogP contribution in [0.4, 0.5) is 5.69 Å². The molecular weight excluding hydrogens is 266 g/mol. The number of nitrogens with one attached hydrogen (secondary N) is 2. The first-order valence-corrected chi connectivity index (χ1v) is 6.56. The summed E-state index contributed by atoms with van der Waals surface area (Å²) in [4.78, 5) is 23.2. The summed E-state index contributed by atoms with van der Waals surface area (Å²) in [6, 6.07) is 4.73. The Morgan fingerprint density at radius 1 is 1.26 bits per heavy atom. The van der Waals surface area contributed by atoms with Gasteiger partial charge < -0.3 is 16.4 Å². The van der Waals surface area contributed by atoms with Crippen molar-refractivity contribution in [2.24, 2.45) is 5.92 Å². The number of rotatable bonds is 5. The molecule has 1 saturated carbocycles. The molecule has 0 unspecified atom stereocenters. The van der Waals surface area contributed by atoms with Crippen LogP contribution >= 0.6 is 11.6 Å². The third-order valence-corrected chi connectivity index (χ3v) is 3.21. The minimum absolute atomic E-state index is 0.0692. The van der Waals surface area contributed by atoms with Gasteiger partial charge in [-0.05, 0) is 31.0 Å². The van der Waals surface area contributed by atoms with Crippen LogP contribution in [0.25, 0.3) is 0 Å². The van der Waals surface area contributed by atoms with E-state index in [4.69, 9.17) is 17.3 Å². The Morgan fingerprint density at radius 2 is 1.95 bits per heavy atom. The van der Waals surface area contributed by atoms with Crippen LogP contribution in [0, 0.1) is 5.92 Å². The van der Waals surface area contributed by atoms with Crippen LogP contribution in [0.1, 0.15) is 23.2 Å². The number of anilines is 1. The molecule has 1 aromatic rings. The lowest BCUT2D eigenvalue weighted by atomic mass is 10.2. The molecule has 0 spiro atoms. The molecule has 0 aromatic heterocycles. The topological polar surface area (TPSA) is 84.2 Å². The monoisotopic (exact) mass is 281 g/mol. The van der Waals surface area contributed by atoms with Crippen LogP contribution in [0.2, 0.25) is 5.02 Å². The molecule has 0 heterocycles. The Hall–Kier alpha value is -1.75. The third kappa shape index (κ3) is 3.86. The van der Waals surface area contributed by atoms with Crippen molar-refractivity contribution in [3.8, 4) is 0 Å². The van der Waals surface area contributed by atoms with Gasteiger partial charge in [-0.3, -0.25) is 9.59 Å². The summed E-state index contributed by atoms with van der Waals surface area (Å²) in [5, 5.41) is 5.78. The van der Waals surface area contributed by atoms with Crippen LogP contribution < -0.4 is 16.4 Å². The largest absolute Gasteiger partial charge is 0.399 e. The average Bonchev–Trinajstić information content (AvgIpc) is 3.18. The molecule has 6 heteroatoms. The van der Waals surface area contributed by atoms with Gasteiger partial charge in [0, 0.05) is 24.7 Å². The first kappa shape index (κ1) is 13.7. The van der Waals surface area contributed by atoms with E-state index in [2.05, 4.69) is 10.6 Å². The lowest BCUT2D eigenvalue weighted by Crippen LogP contribution is -2.35. The van der Waals surface area contributed by atoms with Crippen LogP contribution in [0.15, 0.2) is 18.2 Å². The Kier molecular flexibility index (Phi) is 4.27. The number of amides is 2. The smallest absolute Gasteiger partial charge is 0.252 e. The summed E-state index contributed by atoms with van der Waals surface area (Å²) < 4.78 is 0. The summed E-state index contributed by atoms with van der Waals surface area (Å²) in [5.41, 5.74) is 6.44. The zero-order valence-corrected chi connectivity index (χ0v) is 11.2. The number of halogens is 1. The molecule has 102 valence electrons. The summed E-state index contributed by atoms with van der Waals surface area (Å²) in [6.45, 7) is 0.797. The van der Waals surface area contributed by atoms with Gasteiger partial charge in [0.2, 0.25) is 5.91 Å². The highest BCUT2D eigenvalue weighted by Gasteiger charge is 2.28.